The van der Waals surface area contributed by atoms with Crippen molar-refractivity contribution in [2.24, 2.45) is 5.22 Å². The Morgan fingerprint density at radius 3 is 2.62 bits per heavy atom. The second-order valence-electron chi connectivity index (χ2n) is 2.93. The normalized spacial score (nSPS) is 9.75. The summed E-state index contributed by atoms with van der Waals surface area (Å²) in [5.41, 5.74) is 10.3. The molecule has 0 bridgehead atoms. The number of amidine groups is 1. The van der Waals surface area contributed by atoms with E-state index in [1.165, 1.54) is 0 Å². The van der Waals surface area contributed by atoms with E-state index in [0.717, 1.165) is 5.56 Å². The number of benzene rings is 1. The van der Waals surface area contributed by atoms with Crippen LogP contribution in [-0.4, -0.2) is 26.5 Å². The molecule has 0 radical (unpaired) electrons. The van der Waals surface area contributed by atoms with Gasteiger partial charge in [-0.15, -0.1) is 5.10 Å². The Morgan fingerprint density at radius 1 is 1.31 bits per heavy atom. The van der Waals surface area contributed by atoms with Gasteiger partial charge in [0.1, 0.15) is 5.84 Å². The molecule has 0 amide bonds. The van der Waals surface area contributed by atoms with E-state index in [0.29, 0.717) is 11.4 Å². The number of rotatable bonds is 3. The summed E-state index contributed by atoms with van der Waals surface area (Å²) in [7, 11) is 0. The van der Waals surface area contributed by atoms with Crippen LogP contribution in [0.2, 0.25) is 0 Å². The van der Waals surface area contributed by atoms with E-state index >= 15 is 0 Å². The summed E-state index contributed by atoms with van der Waals surface area (Å²) in [6, 6.07) is 6.99. The number of tetrazole rings is 1. The second kappa shape index (κ2) is 4.26. The van der Waals surface area contributed by atoms with Gasteiger partial charge in [-0.2, -0.15) is 5.53 Å². The Kier molecular flexibility index (Phi) is 2.63. The SMILES string of the molecule is N=NNC(=N)c1ccc(-c2nnn[nH]2)cc1. The average molecular weight is 216 g/mol. The van der Waals surface area contributed by atoms with Crippen LogP contribution < -0.4 is 5.43 Å². The predicted octanol–water partition coefficient (Wildman–Crippen LogP) is 0.728. The highest BCUT2D eigenvalue weighted by molar-refractivity contribution is 5.96. The van der Waals surface area contributed by atoms with Crippen LogP contribution in [0.25, 0.3) is 11.4 Å². The van der Waals surface area contributed by atoms with E-state index in [4.69, 9.17) is 10.9 Å². The lowest BCUT2D eigenvalue weighted by molar-refractivity contribution is 0.861. The maximum Gasteiger partial charge on any atom is 0.179 e. The second-order valence-corrected chi connectivity index (χ2v) is 2.93. The van der Waals surface area contributed by atoms with Crippen molar-refractivity contribution in [1.82, 2.24) is 26.0 Å². The van der Waals surface area contributed by atoms with Crippen molar-refractivity contribution in [1.29, 1.82) is 10.9 Å². The minimum Gasteiger partial charge on any atom is -0.283 e. The first-order valence-electron chi connectivity index (χ1n) is 4.37. The van der Waals surface area contributed by atoms with Crippen LogP contribution in [0, 0.1) is 10.9 Å². The van der Waals surface area contributed by atoms with Crippen LogP contribution in [0.5, 0.6) is 0 Å². The zero-order chi connectivity index (χ0) is 11.4. The maximum absolute atomic E-state index is 7.50. The molecule has 8 heteroatoms. The monoisotopic (exact) mass is 216 g/mol. The molecule has 0 aliphatic rings. The molecule has 0 aliphatic carbocycles. The first kappa shape index (κ1) is 9.90. The van der Waals surface area contributed by atoms with Crippen LogP contribution in [0.1, 0.15) is 5.56 Å². The minimum atomic E-state index is 0.0669. The Balaban J connectivity index is 2.23. The van der Waals surface area contributed by atoms with E-state index < -0.39 is 0 Å². The molecule has 16 heavy (non-hydrogen) atoms. The molecular formula is C8H8N8. The van der Waals surface area contributed by atoms with Gasteiger partial charge in [-0.3, -0.25) is 5.41 Å². The van der Waals surface area contributed by atoms with Gasteiger partial charge in [0.25, 0.3) is 0 Å². The average Bonchev–Trinajstić information content (AvgIpc) is 2.83. The largest absolute Gasteiger partial charge is 0.283 e. The summed E-state index contributed by atoms with van der Waals surface area (Å²) in [5.74, 6) is 0.633. The predicted molar refractivity (Wildman–Crippen MR) is 54.7 cm³/mol. The van der Waals surface area contributed by atoms with Crippen molar-refractivity contribution in [3.8, 4) is 11.4 Å². The van der Waals surface area contributed by atoms with Crippen molar-refractivity contribution >= 4 is 5.84 Å². The van der Waals surface area contributed by atoms with Gasteiger partial charge in [0.15, 0.2) is 5.82 Å². The number of nitrogens with one attached hydrogen (secondary N) is 4. The smallest absolute Gasteiger partial charge is 0.179 e. The maximum atomic E-state index is 7.50. The van der Waals surface area contributed by atoms with Gasteiger partial charge in [-0.25, -0.2) is 10.5 Å². The molecule has 0 saturated heterocycles. The third kappa shape index (κ3) is 1.90. The quantitative estimate of drug-likeness (QED) is 0.261. The highest BCUT2D eigenvalue weighted by Crippen LogP contribution is 2.13. The number of hydrogen-bond acceptors (Lipinski definition) is 6. The number of hydrogen-bond donors (Lipinski definition) is 4. The highest BCUT2D eigenvalue weighted by atomic mass is 15.5. The molecule has 0 aliphatic heterocycles. The summed E-state index contributed by atoms with van der Waals surface area (Å²) in [4.78, 5) is 0. The van der Waals surface area contributed by atoms with Crippen molar-refractivity contribution in [3.05, 3.63) is 29.8 Å². The molecule has 0 spiro atoms. The van der Waals surface area contributed by atoms with E-state index in [9.17, 15) is 0 Å². The van der Waals surface area contributed by atoms with Gasteiger partial charge in [-0.05, 0) is 10.4 Å². The fourth-order valence-electron chi connectivity index (χ4n) is 1.20. The zero-order valence-corrected chi connectivity index (χ0v) is 8.10. The Labute approximate surface area is 90.1 Å². The lowest BCUT2D eigenvalue weighted by atomic mass is 10.1. The molecule has 80 valence electrons. The molecule has 0 saturated carbocycles. The highest BCUT2D eigenvalue weighted by Gasteiger charge is 2.03. The van der Waals surface area contributed by atoms with E-state index in [1.807, 2.05) is 0 Å². The topological polar surface area (TPSA) is 127 Å². The van der Waals surface area contributed by atoms with Gasteiger partial charge in [0.05, 0.1) is 0 Å². The van der Waals surface area contributed by atoms with Crippen LogP contribution >= 0.6 is 0 Å². The summed E-state index contributed by atoms with van der Waals surface area (Å²) in [5, 5.41) is 23.8. The lowest BCUT2D eigenvalue weighted by Gasteiger charge is -2.02. The number of aromatic nitrogens is 4. The van der Waals surface area contributed by atoms with Crippen molar-refractivity contribution in [3.63, 3.8) is 0 Å². The molecule has 2 rings (SSSR count). The zero-order valence-electron chi connectivity index (χ0n) is 8.10. The lowest BCUT2D eigenvalue weighted by Crippen LogP contribution is -2.16. The van der Waals surface area contributed by atoms with Gasteiger partial charge >= 0.3 is 0 Å². The number of aromatic amines is 1. The summed E-state index contributed by atoms with van der Waals surface area (Å²) in [6.07, 6.45) is 0. The number of H-pyrrole nitrogens is 1. The Hall–Kier alpha value is -2.64. The molecule has 0 unspecified atom stereocenters. The first-order valence-corrected chi connectivity index (χ1v) is 4.37. The van der Waals surface area contributed by atoms with Crippen molar-refractivity contribution in [2.75, 3.05) is 0 Å². The molecule has 4 N–H and O–H groups in total. The fourth-order valence-corrected chi connectivity index (χ4v) is 1.20. The third-order valence-corrected chi connectivity index (χ3v) is 1.96. The summed E-state index contributed by atoms with van der Waals surface area (Å²) >= 11 is 0. The van der Waals surface area contributed by atoms with Gasteiger partial charge in [-0.1, -0.05) is 29.5 Å². The Morgan fingerprint density at radius 2 is 2.06 bits per heavy atom. The van der Waals surface area contributed by atoms with Crippen LogP contribution in [0.3, 0.4) is 0 Å². The van der Waals surface area contributed by atoms with Crippen LogP contribution in [-0.2, 0) is 0 Å². The van der Waals surface area contributed by atoms with Crippen LogP contribution in [0.4, 0.5) is 0 Å². The molecule has 1 heterocycles. The van der Waals surface area contributed by atoms with Crippen molar-refractivity contribution in [2.45, 2.75) is 0 Å². The van der Waals surface area contributed by atoms with Crippen molar-refractivity contribution < 1.29 is 0 Å². The summed E-state index contributed by atoms with van der Waals surface area (Å²) < 4.78 is 0. The third-order valence-electron chi connectivity index (χ3n) is 1.96. The van der Waals surface area contributed by atoms with Gasteiger partial charge in [0, 0.05) is 11.1 Å². The standard InChI is InChI=1S/C8H8N8/c9-7(11-14-10)5-1-3-6(4-2-5)8-12-15-16-13-8/h1-4H,(H3,9,10,11)(H,12,13,15,16). The first-order chi connectivity index (χ1) is 7.81. The Bertz CT molecular complexity index is 485. The fraction of sp³-hybridized carbons (Fsp3) is 0. The molecule has 0 fully saturated rings. The van der Waals surface area contributed by atoms with E-state index in [2.05, 4.69) is 31.3 Å². The molecule has 1 aromatic carbocycles. The summed E-state index contributed by atoms with van der Waals surface area (Å²) in [6.45, 7) is 0. The van der Waals surface area contributed by atoms with E-state index in [1.54, 1.807) is 24.3 Å². The molecule has 8 nitrogen and oxygen atoms in total. The van der Waals surface area contributed by atoms with Crippen LogP contribution in [0.15, 0.2) is 29.5 Å². The van der Waals surface area contributed by atoms with Gasteiger partial charge < -0.3 is 0 Å². The minimum absolute atomic E-state index is 0.0669. The molecule has 0 atom stereocenters. The van der Waals surface area contributed by atoms with Gasteiger partial charge in [0.2, 0.25) is 0 Å². The number of nitrogens with zero attached hydrogens (tertiary/aromatic N) is 4. The molecule has 2 aromatic rings. The van der Waals surface area contributed by atoms with E-state index in [-0.39, 0.29) is 5.84 Å². The molecular weight excluding hydrogens is 208 g/mol. The molecule has 1 aromatic heterocycles.